The number of aliphatic hydroxyl groups excluding tert-OH is 1. The van der Waals surface area contributed by atoms with Crippen LogP contribution in [0.4, 0.5) is 0 Å². The lowest BCUT2D eigenvalue weighted by atomic mass is 9.87. The van der Waals surface area contributed by atoms with Gasteiger partial charge in [0, 0.05) is 6.54 Å². The number of aliphatic hydroxyl groups is 1. The molecular formula is C12H20N2O. The lowest BCUT2D eigenvalue weighted by Gasteiger charge is -2.21. The van der Waals surface area contributed by atoms with E-state index in [2.05, 4.69) is 9.55 Å². The zero-order chi connectivity index (χ0) is 10.5. The van der Waals surface area contributed by atoms with E-state index in [0.29, 0.717) is 0 Å². The first-order valence-electron chi connectivity index (χ1n) is 6.00. The van der Waals surface area contributed by atoms with Crippen LogP contribution in [0.1, 0.15) is 44.2 Å². The van der Waals surface area contributed by atoms with Crippen LogP contribution in [0.25, 0.3) is 0 Å². The molecule has 1 aromatic rings. The van der Waals surface area contributed by atoms with Gasteiger partial charge in [0.2, 0.25) is 0 Å². The first kappa shape index (κ1) is 10.7. The van der Waals surface area contributed by atoms with Crippen molar-refractivity contribution in [2.75, 3.05) is 0 Å². The Morgan fingerprint density at radius 1 is 1.33 bits per heavy atom. The molecule has 1 heterocycles. The average molecular weight is 208 g/mol. The van der Waals surface area contributed by atoms with Crippen LogP contribution in [0.2, 0.25) is 0 Å². The molecule has 3 nitrogen and oxygen atoms in total. The van der Waals surface area contributed by atoms with Gasteiger partial charge in [-0.1, -0.05) is 32.1 Å². The van der Waals surface area contributed by atoms with Gasteiger partial charge < -0.3 is 9.67 Å². The number of rotatable bonds is 4. The maximum atomic E-state index is 9.08. The fourth-order valence-electron chi connectivity index (χ4n) is 2.48. The van der Waals surface area contributed by atoms with E-state index < -0.39 is 0 Å². The second-order valence-electron chi connectivity index (χ2n) is 4.53. The number of nitrogens with zero attached hydrogens (tertiary/aromatic N) is 2. The second kappa shape index (κ2) is 5.31. The summed E-state index contributed by atoms with van der Waals surface area (Å²) in [5.74, 6) is 0.896. The number of imidazole rings is 1. The van der Waals surface area contributed by atoms with Gasteiger partial charge in [-0.3, -0.25) is 0 Å². The molecule has 0 atom stereocenters. The Morgan fingerprint density at radius 3 is 2.87 bits per heavy atom. The maximum absolute atomic E-state index is 9.08. The first-order chi connectivity index (χ1) is 7.40. The Hall–Kier alpha value is -0.830. The van der Waals surface area contributed by atoms with Gasteiger partial charge in [-0.15, -0.1) is 0 Å². The smallest absolute Gasteiger partial charge is 0.0948 e. The van der Waals surface area contributed by atoms with Gasteiger partial charge in [0.15, 0.2) is 0 Å². The van der Waals surface area contributed by atoms with Crippen LogP contribution in [0.15, 0.2) is 12.5 Å². The minimum atomic E-state index is 0.102. The topological polar surface area (TPSA) is 38.1 Å². The SMILES string of the molecule is OCc1cncn1CCC1CCCCC1. The Kier molecular flexibility index (Phi) is 3.78. The fraction of sp³-hybridized carbons (Fsp3) is 0.750. The third-order valence-corrected chi connectivity index (χ3v) is 3.46. The molecule has 0 aromatic carbocycles. The van der Waals surface area contributed by atoms with E-state index in [1.807, 2.05) is 6.33 Å². The highest BCUT2D eigenvalue weighted by Gasteiger charge is 2.13. The quantitative estimate of drug-likeness (QED) is 0.824. The van der Waals surface area contributed by atoms with Crippen molar-refractivity contribution < 1.29 is 5.11 Å². The Labute approximate surface area is 91.1 Å². The molecule has 1 N–H and O–H groups in total. The third-order valence-electron chi connectivity index (χ3n) is 3.46. The van der Waals surface area contributed by atoms with E-state index >= 15 is 0 Å². The van der Waals surface area contributed by atoms with Crippen LogP contribution < -0.4 is 0 Å². The van der Waals surface area contributed by atoms with Gasteiger partial charge in [0.05, 0.1) is 24.8 Å². The number of hydrogen-bond acceptors (Lipinski definition) is 2. The molecule has 1 saturated carbocycles. The predicted octanol–water partition coefficient (Wildman–Crippen LogP) is 2.35. The predicted molar refractivity (Wildman–Crippen MR) is 59.3 cm³/mol. The van der Waals surface area contributed by atoms with Crippen molar-refractivity contribution in [2.24, 2.45) is 5.92 Å². The molecular weight excluding hydrogens is 188 g/mol. The highest BCUT2D eigenvalue weighted by Crippen LogP contribution is 2.26. The van der Waals surface area contributed by atoms with Crippen LogP contribution in [0.5, 0.6) is 0 Å². The Balaban J connectivity index is 1.81. The molecule has 0 radical (unpaired) electrons. The summed E-state index contributed by atoms with van der Waals surface area (Å²) in [5, 5.41) is 9.08. The van der Waals surface area contributed by atoms with Crippen molar-refractivity contribution in [1.82, 2.24) is 9.55 Å². The summed E-state index contributed by atoms with van der Waals surface area (Å²) >= 11 is 0. The summed E-state index contributed by atoms with van der Waals surface area (Å²) in [4.78, 5) is 4.06. The Bertz CT molecular complexity index is 290. The van der Waals surface area contributed by atoms with Crippen LogP contribution in [0.3, 0.4) is 0 Å². The summed E-state index contributed by atoms with van der Waals surface area (Å²) in [5.41, 5.74) is 0.936. The lowest BCUT2D eigenvalue weighted by Crippen LogP contribution is -2.11. The molecule has 1 aromatic heterocycles. The molecule has 0 aliphatic heterocycles. The normalized spacial score (nSPS) is 18.2. The van der Waals surface area contributed by atoms with Gasteiger partial charge in [-0.25, -0.2) is 4.98 Å². The van der Waals surface area contributed by atoms with E-state index in [9.17, 15) is 0 Å². The number of hydrogen-bond donors (Lipinski definition) is 1. The van der Waals surface area contributed by atoms with Crippen molar-refractivity contribution >= 4 is 0 Å². The second-order valence-corrected chi connectivity index (χ2v) is 4.53. The Morgan fingerprint density at radius 2 is 2.13 bits per heavy atom. The molecule has 1 aliphatic carbocycles. The monoisotopic (exact) mass is 208 g/mol. The summed E-state index contributed by atoms with van der Waals surface area (Å²) in [7, 11) is 0. The van der Waals surface area contributed by atoms with Gasteiger partial charge in [-0.2, -0.15) is 0 Å². The van der Waals surface area contributed by atoms with E-state index in [1.54, 1.807) is 6.20 Å². The molecule has 3 heteroatoms. The largest absolute Gasteiger partial charge is 0.390 e. The third kappa shape index (κ3) is 2.81. The molecule has 0 amide bonds. The van der Waals surface area contributed by atoms with Gasteiger partial charge in [-0.05, 0) is 12.3 Å². The van der Waals surface area contributed by atoms with E-state index in [1.165, 1.54) is 38.5 Å². The van der Waals surface area contributed by atoms with Crippen molar-refractivity contribution in [3.63, 3.8) is 0 Å². The van der Waals surface area contributed by atoms with Crippen LogP contribution in [0, 0.1) is 5.92 Å². The van der Waals surface area contributed by atoms with Gasteiger partial charge >= 0.3 is 0 Å². The van der Waals surface area contributed by atoms with E-state index in [-0.39, 0.29) is 6.61 Å². The van der Waals surface area contributed by atoms with Crippen molar-refractivity contribution in [1.29, 1.82) is 0 Å². The van der Waals surface area contributed by atoms with Crippen LogP contribution in [-0.4, -0.2) is 14.7 Å². The lowest BCUT2D eigenvalue weighted by molar-refractivity contribution is 0.265. The van der Waals surface area contributed by atoms with E-state index in [0.717, 1.165) is 18.2 Å². The van der Waals surface area contributed by atoms with Crippen molar-refractivity contribution in [3.8, 4) is 0 Å². The molecule has 0 saturated heterocycles. The van der Waals surface area contributed by atoms with E-state index in [4.69, 9.17) is 5.11 Å². The van der Waals surface area contributed by atoms with Crippen molar-refractivity contribution in [3.05, 3.63) is 18.2 Å². The maximum Gasteiger partial charge on any atom is 0.0948 e. The molecule has 0 bridgehead atoms. The molecule has 0 spiro atoms. The van der Waals surface area contributed by atoms with Gasteiger partial charge in [0.1, 0.15) is 0 Å². The standard InChI is InChI=1S/C12H20N2O/c15-9-12-8-13-10-14(12)7-6-11-4-2-1-3-5-11/h8,10-11,15H,1-7,9H2. The molecule has 2 rings (SSSR count). The minimum Gasteiger partial charge on any atom is -0.390 e. The summed E-state index contributed by atoms with van der Waals surface area (Å²) in [6.45, 7) is 1.12. The zero-order valence-corrected chi connectivity index (χ0v) is 9.23. The molecule has 1 aliphatic rings. The number of aryl methyl sites for hydroxylation is 1. The van der Waals surface area contributed by atoms with Gasteiger partial charge in [0.25, 0.3) is 0 Å². The fourth-order valence-corrected chi connectivity index (χ4v) is 2.48. The summed E-state index contributed by atoms with van der Waals surface area (Å²) in [6, 6.07) is 0. The minimum absolute atomic E-state index is 0.102. The zero-order valence-electron chi connectivity index (χ0n) is 9.23. The highest BCUT2D eigenvalue weighted by atomic mass is 16.3. The van der Waals surface area contributed by atoms with Crippen LogP contribution in [-0.2, 0) is 13.2 Å². The molecule has 15 heavy (non-hydrogen) atoms. The molecule has 84 valence electrons. The molecule has 1 fully saturated rings. The highest BCUT2D eigenvalue weighted by molar-refractivity contribution is 4.95. The summed E-state index contributed by atoms with van der Waals surface area (Å²) < 4.78 is 2.08. The van der Waals surface area contributed by atoms with Crippen molar-refractivity contribution in [2.45, 2.75) is 51.7 Å². The first-order valence-corrected chi connectivity index (χ1v) is 6.00. The van der Waals surface area contributed by atoms with Crippen LogP contribution >= 0.6 is 0 Å². The number of aromatic nitrogens is 2. The molecule has 0 unspecified atom stereocenters. The summed E-state index contributed by atoms with van der Waals surface area (Å²) in [6.07, 6.45) is 11.8. The average Bonchev–Trinajstić information content (AvgIpc) is 2.75.